The second kappa shape index (κ2) is 6.92. The van der Waals surface area contributed by atoms with Gasteiger partial charge in [0.25, 0.3) is 0 Å². The van der Waals surface area contributed by atoms with Crippen LogP contribution in [0.1, 0.15) is 18.0 Å². The summed E-state index contributed by atoms with van der Waals surface area (Å²) in [5.41, 5.74) is 1.41. The summed E-state index contributed by atoms with van der Waals surface area (Å²) in [6.45, 7) is 6.65. The molecule has 0 aromatic heterocycles. The number of rotatable bonds is 5. The molecule has 2 atom stereocenters. The van der Waals surface area contributed by atoms with E-state index < -0.39 is 8.07 Å². The summed E-state index contributed by atoms with van der Waals surface area (Å²) in [5, 5.41) is 1.36. The Morgan fingerprint density at radius 2 is 1.45 bits per heavy atom. The van der Waals surface area contributed by atoms with Gasteiger partial charge < -0.3 is 4.74 Å². The van der Waals surface area contributed by atoms with Crippen LogP contribution in [0.3, 0.4) is 0 Å². The van der Waals surface area contributed by atoms with Crippen LogP contribution in [-0.4, -0.2) is 21.2 Å². The minimum Gasteiger partial charge on any atom is -0.469 e. The second-order valence-corrected chi connectivity index (χ2v) is 10.9. The Hall–Kier alpha value is -1.87. The highest BCUT2D eigenvalue weighted by Crippen LogP contribution is 2.34. The van der Waals surface area contributed by atoms with E-state index in [-0.39, 0.29) is 17.4 Å². The van der Waals surface area contributed by atoms with Crippen LogP contribution in [0.15, 0.2) is 60.7 Å². The SMILES string of the molecule is COC(=O)[C@@H](C)[C@H](c1ccccc1)[Si](C)(C)c1ccccc1. The monoisotopic (exact) mass is 312 g/mol. The van der Waals surface area contributed by atoms with Gasteiger partial charge in [0.1, 0.15) is 0 Å². The van der Waals surface area contributed by atoms with Crippen molar-refractivity contribution in [3.8, 4) is 0 Å². The fraction of sp³-hybridized carbons (Fsp3) is 0.316. The maximum atomic E-state index is 12.2. The van der Waals surface area contributed by atoms with Crippen LogP contribution in [0.2, 0.25) is 13.1 Å². The van der Waals surface area contributed by atoms with E-state index in [1.165, 1.54) is 17.9 Å². The third-order valence-electron chi connectivity index (χ3n) is 4.53. The van der Waals surface area contributed by atoms with Crippen LogP contribution in [0.25, 0.3) is 0 Å². The highest BCUT2D eigenvalue weighted by atomic mass is 28.3. The Bertz CT molecular complexity index is 608. The summed E-state index contributed by atoms with van der Waals surface area (Å²) >= 11 is 0. The lowest BCUT2D eigenvalue weighted by Crippen LogP contribution is -2.51. The Kier molecular flexibility index (Phi) is 5.19. The maximum absolute atomic E-state index is 12.2. The molecule has 0 unspecified atom stereocenters. The van der Waals surface area contributed by atoms with Gasteiger partial charge in [0.15, 0.2) is 0 Å². The van der Waals surface area contributed by atoms with Gasteiger partial charge in [-0.2, -0.15) is 0 Å². The lowest BCUT2D eigenvalue weighted by atomic mass is 10.0. The van der Waals surface area contributed by atoms with Crippen molar-refractivity contribution in [1.29, 1.82) is 0 Å². The van der Waals surface area contributed by atoms with Gasteiger partial charge in [-0.25, -0.2) is 0 Å². The molecular formula is C19H24O2Si. The number of hydrogen-bond donors (Lipinski definition) is 0. The molecule has 0 aliphatic carbocycles. The first-order valence-corrected chi connectivity index (χ1v) is 10.7. The fourth-order valence-corrected chi connectivity index (χ4v) is 7.18. The number of hydrogen-bond acceptors (Lipinski definition) is 2. The molecule has 116 valence electrons. The summed E-state index contributed by atoms with van der Waals surface area (Å²) in [4.78, 5) is 12.2. The third-order valence-corrected chi connectivity index (χ3v) is 8.74. The molecule has 2 nitrogen and oxygen atoms in total. The number of carbonyl (C=O) groups excluding carboxylic acids is 1. The van der Waals surface area contributed by atoms with Crippen molar-refractivity contribution in [2.75, 3.05) is 7.11 Å². The minimum absolute atomic E-state index is 0.134. The molecule has 3 heteroatoms. The molecule has 0 aliphatic rings. The summed E-state index contributed by atoms with van der Waals surface area (Å²) in [6.07, 6.45) is 0. The molecule has 0 saturated heterocycles. The number of ether oxygens (including phenoxy) is 1. The van der Waals surface area contributed by atoms with E-state index >= 15 is 0 Å². The number of methoxy groups -OCH3 is 1. The van der Waals surface area contributed by atoms with Gasteiger partial charge in [-0.05, 0) is 11.1 Å². The minimum atomic E-state index is -1.89. The first-order valence-electron chi connectivity index (χ1n) is 7.66. The third kappa shape index (κ3) is 3.30. The summed E-state index contributed by atoms with van der Waals surface area (Å²) in [6, 6.07) is 20.9. The highest BCUT2D eigenvalue weighted by molar-refractivity contribution is 6.91. The van der Waals surface area contributed by atoms with Gasteiger partial charge in [-0.15, -0.1) is 0 Å². The number of carbonyl (C=O) groups is 1. The van der Waals surface area contributed by atoms with Gasteiger partial charge in [0.05, 0.1) is 21.1 Å². The van der Waals surface area contributed by atoms with Crippen molar-refractivity contribution in [2.45, 2.75) is 25.6 Å². The maximum Gasteiger partial charge on any atom is 0.308 e. The second-order valence-electron chi connectivity index (χ2n) is 6.29. The molecule has 2 aromatic carbocycles. The lowest BCUT2D eigenvalue weighted by molar-refractivity contribution is -0.145. The van der Waals surface area contributed by atoms with Gasteiger partial charge in [-0.1, -0.05) is 85.9 Å². The predicted octanol–water partition coefficient (Wildman–Crippen LogP) is 3.73. The summed E-state index contributed by atoms with van der Waals surface area (Å²) < 4.78 is 5.03. The molecule has 2 aromatic rings. The van der Waals surface area contributed by atoms with Crippen LogP contribution >= 0.6 is 0 Å². The van der Waals surface area contributed by atoms with Crippen molar-refractivity contribution in [2.24, 2.45) is 5.92 Å². The average Bonchev–Trinajstić information content (AvgIpc) is 2.55. The van der Waals surface area contributed by atoms with Gasteiger partial charge in [0.2, 0.25) is 0 Å². The molecule has 22 heavy (non-hydrogen) atoms. The largest absolute Gasteiger partial charge is 0.469 e. The normalized spacial score (nSPS) is 14.2. The zero-order chi connectivity index (χ0) is 16.2. The van der Waals surface area contributed by atoms with Crippen molar-refractivity contribution >= 4 is 19.2 Å². The first-order chi connectivity index (χ1) is 10.5. The quantitative estimate of drug-likeness (QED) is 0.621. The van der Waals surface area contributed by atoms with Crippen molar-refractivity contribution in [3.05, 3.63) is 66.2 Å². The van der Waals surface area contributed by atoms with E-state index in [9.17, 15) is 4.79 Å². The van der Waals surface area contributed by atoms with Crippen LogP contribution < -0.4 is 5.19 Å². The van der Waals surface area contributed by atoms with E-state index in [2.05, 4.69) is 49.5 Å². The molecule has 0 fully saturated rings. The Morgan fingerprint density at radius 3 is 1.95 bits per heavy atom. The molecule has 0 aliphatic heterocycles. The molecule has 0 N–H and O–H groups in total. The van der Waals surface area contributed by atoms with Gasteiger partial charge >= 0.3 is 5.97 Å². The molecule has 0 spiro atoms. The van der Waals surface area contributed by atoms with Crippen molar-refractivity contribution < 1.29 is 9.53 Å². The van der Waals surface area contributed by atoms with Gasteiger partial charge in [0, 0.05) is 0 Å². The number of benzene rings is 2. The Morgan fingerprint density at radius 1 is 0.955 bits per heavy atom. The summed E-state index contributed by atoms with van der Waals surface area (Å²) in [7, 11) is -0.422. The van der Waals surface area contributed by atoms with E-state index in [1.54, 1.807) is 0 Å². The van der Waals surface area contributed by atoms with Crippen molar-refractivity contribution in [3.63, 3.8) is 0 Å². The molecule has 0 heterocycles. The van der Waals surface area contributed by atoms with E-state index in [0.717, 1.165) is 0 Å². The highest BCUT2D eigenvalue weighted by Gasteiger charge is 2.41. The fourth-order valence-electron chi connectivity index (χ4n) is 3.36. The summed E-state index contributed by atoms with van der Waals surface area (Å²) in [5.74, 6) is -0.292. The molecule has 2 rings (SSSR count). The molecular weight excluding hydrogens is 288 g/mol. The zero-order valence-corrected chi connectivity index (χ0v) is 14.7. The molecule has 0 saturated carbocycles. The number of esters is 1. The Balaban J connectivity index is 2.51. The lowest BCUT2D eigenvalue weighted by Gasteiger charge is -2.36. The van der Waals surface area contributed by atoms with E-state index in [4.69, 9.17) is 4.74 Å². The van der Waals surface area contributed by atoms with E-state index in [1.807, 2.05) is 31.2 Å². The van der Waals surface area contributed by atoms with E-state index in [0.29, 0.717) is 0 Å². The zero-order valence-electron chi connectivity index (χ0n) is 13.7. The smallest absolute Gasteiger partial charge is 0.308 e. The molecule has 0 bridgehead atoms. The topological polar surface area (TPSA) is 26.3 Å². The van der Waals surface area contributed by atoms with Gasteiger partial charge in [-0.3, -0.25) is 4.79 Å². The first kappa shape index (κ1) is 16.5. The van der Waals surface area contributed by atoms with Crippen LogP contribution in [0.5, 0.6) is 0 Å². The predicted molar refractivity (Wildman–Crippen MR) is 93.9 cm³/mol. The Labute approximate surface area is 134 Å². The molecule has 0 amide bonds. The van der Waals surface area contributed by atoms with Crippen LogP contribution in [-0.2, 0) is 9.53 Å². The average molecular weight is 312 g/mol. The van der Waals surface area contributed by atoms with Crippen LogP contribution in [0.4, 0.5) is 0 Å². The standard InChI is InChI=1S/C19H24O2Si/c1-15(19(20)21-2)18(16-11-7-5-8-12-16)22(3,4)17-13-9-6-10-14-17/h5-15,18H,1-4H3/t15-,18+/m0/s1. The van der Waals surface area contributed by atoms with Crippen molar-refractivity contribution in [1.82, 2.24) is 0 Å². The molecule has 0 radical (unpaired) electrons. The van der Waals surface area contributed by atoms with Crippen LogP contribution in [0, 0.1) is 5.92 Å².